The summed E-state index contributed by atoms with van der Waals surface area (Å²) in [6.07, 6.45) is 5.86. The van der Waals surface area contributed by atoms with Gasteiger partial charge in [0.1, 0.15) is 5.75 Å². The number of aromatic amines is 1. The van der Waals surface area contributed by atoms with Gasteiger partial charge in [-0.1, -0.05) is 18.2 Å². The molecule has 0 atom stereocenters. The maximum atomic E-state index is 10.9. The van der Waals surface area contributed by atoms with Gasteiger partial charge in [-0.3, -0.25) is 0 Å². The molecule has 4 nitrogen and oxygen atoms in total. The molecular formula is C15H15NO3. The smallest absolute Gasteiger partial charge is 0.343 e. The SMILES string of the molecule is COC(=O)COc1ccc(C=Cc2ccc[nH]2)cc1. The third-order valence-corrected chi connectivity index (χ3v) is 2.54. The highest BCUT2D eigenvalue weighted by Crippen LogP contribution is 2.14. The Labute approximate surface area is 111 Å². The third kappa shape index (κ3) is 4.03. The molecule has 1 aromatic carbocycles. The molecule has 1 N–H and O–H groups in total. The molecule has 0 aliphatic heterocycles. The maximum absolute atomic E-state index is 10.9. The third-order valence-electron chi connectivity index (χ3n) is 2.54. The summed E-state index contributed by atoms with van der Waals surface area (Å²) in [5, 5.41) is 0. The van der Waals surface area contributed by atoms with Crippen LogP contribution in [-0.4, -0.2) is 24.7 Å². The molecule has 0 spiro atoms. The average Bonchev–Trinajstić information content (AvgIpc) is 2.97. The van der Waals surface area contributed by atoms with Gasteiger partial charge in [-0.2, -0.15) is 0 Å². The summed E-state index contributed by atoms with van der Waals surface area (Å²) in [5.74, 6) is 0.248. The van der Waals surface area contributed by atoms with Crippen LogP contribution < -0.4 is 4.74 Å². The van der Waals surface area contributed by atoms with Crippen molar-refractivity contribution in [1.82, 2.24) is 4.98 Å². The molecule has 4 heteroatoms. The summed E-state index contributed by atoms with van der Waals surface area (Å²) in [6, 6.07) is 11.4. The van der Waals surface area contributed by atoms with Crippen molar-refractivity contribution in [3.63, 3.8) is 0 Å². The van der Waals surface area contributed by atoms with Crippen molar-refractivity contribution >= 4 is 18.1 Å². The normalized spacial score (nSPS) is 10.6. The Kier molecular flexibility index (Phi) is 4.39. The number of benzene rings is 1. The summed E-state index contributed by atoms with van der Waals surface area (Å²) in [5.41, 5.74) is 2.10. The summed E-state index contributed by atoms with van der Waals surface area (Å²) in [6.45, 7) is -0.0752. The minimum atomic E-state index is -0.393. The average molecular weight is 257 g/mol. The standard InChI is InChI=1S/C15H15NO3/c1-18-15(17)11-19-14-8-5-12(6-9-14)4-7-13-3-2-10-16-13/h2-10,16H,11H2,1H3. The molecule has 0 saturated carbocycles. The van der Waals surface area contributed by atoms with Crippen molar-refractivity contribution in [3.8, 4) is 5.75 Å². The first-order valence-corrected chi connectivity index (χ1v) is 5.89. The lowest BCUT2D eigenvalue weighted by atomic mass is 10.2. The molecule has 0 radical (unpaired) electrons. The van der Waals surface area contributed by atoms with Gasteiger partial charge >= 0.3 is 5.97 Å². The molecule has 1 heterocycles. The van der Waals surface area contributed by atoms with E-state index in [0.29, 0.717) is 5.75 Å². The minimum Gasteiger partial charge on any atom is -0.482 e. The van der Waals surface area contributed by atoms with Crippen LogP contribution in [-0.2, 0) is 9.53 Å². The Morgan fingerprint density at radius 2 is 2.00 bits per heavy atom. The molecule has 0 aliphatic rings. The number of nitrogens with one attached hydrogen (secondary N) is 1. The molecule has 0 unspecified atom stereocenters. The molecule has 0 bridgehead atoms. The molecular weight excluding hydrogens is 242 g/mol. The second-order valence-electron chi connectivity index (χ2n) is 3.89. The van der Waals surface area contributed by atoms with Crippen molar-refractivity contribution in [2.45, 2.75) is 0 Å². The monoisotopic (exact) mass is 257 g/mol. The Bertz CT molecular complexity index is 541. The number of methoxy groups -OCH3 is 1. The minimum absolute atomic E-state index is 0.0752. The van der Waals surface area contributed by atoms with Gasteiger partial charge in [0.2, 0.25) is 0 Å². The van der Waals surface area contributed by atoms with Crippen LogP contribution >= 0.6 is 0 Å². The zero-order chi connectivity index (χ0) is 13.5. The topological polar surface area (TPSA) is 51.3 Å². The number of carbonyl (C=O) groups excluding carboxylic acids is 1. The summed E-state index contributed by atoms with van der Waals surface area (Å²) in [7, 11) is 1.33. The van der Waals surface area contributed by atoms with Crippen LogP contribution in [0.4, 0.5) is 0 Å². The molecule has 2 rings (SSSR count). The van der Waals surface area contributed by atoms with Gasteiger partial charge in [0.25, 0.3) is 0 Å². The molecule has 0 amide bonds. The van der Waals surface area contributed by atoms with Crippen LogP contribution in [0.3, 0.4) is 0 Å². The van der Waals surface area contributed by atoms with E-state index in [2.05, 4.69) is 9.72 Å². The number of aromatic nitrogens is 1. The van der Waals surface area contributed by atoms with Crippen molar-refractivity contribution < 1.29 is 14.3 Å². The summed E-state index contributed by atoms with van der Waals surface area (Å²) in [4.78, 5) is 14.0. The van der Waals surface area contributed by atoms with Crippen LogP contribution in [0.15, 0.2) is 42.6 Å². The summed E-state index contributed by atoms with van der Waals surface area (Å²) < 4.78 is 9.76. The first-order chi connectivity index (χ1) is 9.28. The largest absolute Gasteiger partial charge is 0.482 e. The number of hydrogen-bond acceptors (Lipinski definition) is 3. The van der Waals surface area contributed by atoms with Crippen LogP contribution in [0.25, 0.3) is 12.2 Å². The zero-order valence-corrected chi connectivity index (χ0v) is 10.6. The van der Waals surface area contributed by atoms with E-state index >= 15 is 0 Å². The molecule has 2 aromatic rings. The lowest BCUT2D eigenvalue weighted by molar-refractivity contribution is -0.142. The van der Waals surface area contributed by atoms with Crippen molar-refractivity contribution in [2.75, 3.05) is 13.7 Å². The predicted octanol–water partition coefficient (Wildman–Crippen LogP) is 2.74. The van der Waals surface area contributed by atoms with E-state index in [1.807, 2.05) is 54.7 Å². The molecule has 1 aromatic heterocycles. The van der Waals surface area contributed by atoms with E-state index in [1.54, 1.807) is 0 Å². The van der Waals surface area contributed by atoms with Crippen molar-refractivity contribution in [1.29, 1.82) is 0 Å². The fraction of sp³-hybridized carbons (Fsp3) is 0.133. The molecule has 98 valence electrons. The van der Waals surface area contributed by atoms with Gasteiger partial charge in [-0.25, -0.2) is 4.79 Å². The highest BCUT2D eigenvalue weighted by Gasteiger charge is 2.00. The predicted molar refractivity (Wildman–Crippen MR) is 73.7 cm³/mol. The van der Waals surface area contributed by atoms with Gasteiger partial charge in [0.05, 0.1) is 7.11 Å². The number of ether oxygens (including phenoxy) is 2. The van der Waals surface area contributed by atoms with E-state index in [9.17, 15) is 4.79 Å². The van der Waals surface area contributed by atoms with Gasteiger partial charge in [0.15, 0.2) is 6.61 Å². The van der Waals surface area contributed by atoms with Crippen molar-refractivity contribution in [2.24, 2.45) is 0 Å². The molecule has 19 heavy (non-hydrogen) atoms. The highest BCUT2D eigenvalue weighted by atomic mass is 16.6. The number of carbonyl (C=O) groups is 1. The van der Waals surface area contributed by atoms with Crippen LogP contribution in [0.5, 0.6) is 5.75 Å². The maximum Gasteiger partial charge on any atom is 0.343 e. The number of esters is 1. The molecule has 0 saturated heterocycles. The fourth-order valence-electron chi connectivity index (χ4n) is 1.51. The van der Waals surface area contributed by atoms with E-state index < -0.39 is 5.97 Å². The summed E-state index contributed by atoms with van der Waals surface area (Å²) >= 11 is 0. The first-order valence-electron chi connectivity index (χ1n) is 5.89. The molecule has 0 aliphatic carbocycles. The van der Waals surface area contributed by atoms with Crippen LogP contribution in [0, 0.1) is 0 Å². The van der Waals surface area contributed by atoms with E-state index in [-0.39, 0.29) is 6.61 Å². The van der Waals surface area contributed by atoms with Gasteiger partial charge in [-0.05, 0) is 35.9 Å². The lowest BCUT2D eigenvalue weighted by Crippen LogP contribution is -2.12. The second kappa shape index (κ2) is 6.44. The Hall–Kier alpha value is -2.49. The van der Waals surface area contributed by atoms with Crippen LogP contribution in [0.2, 0.25) is 0 Å². The Balaban J connectivity index is 1.93. The lowest BCUT2D eigenvalue weighted by Gasteiger charge is -2.04. The van der Waals surface area contributed by atoms with Crippen LogP contribution in [0.1, 0.15) is 11.3 Å². The highest BCUT2D eigenvalue weighted by molar-refractivity contribution is 5.71. The van der Waals surface area contributed by atoms with Gasteiger partial charge in [-0.15, -0.1) is 0 Å². The Morgan fingerprint density at radius 1 is 1.21 bits per heavy atom. The van der Waals surface area contributed by atoms with Gasteiger partial charge in [0, 0.05) is 11.9 Å². The van der Waals surface area contributed by atoms with E-state index in [4.69, 9.17) is 4.74 Å². The number of H-pyrrole nitrogens is 1. The first kappa shape index (κ1) is 13.0. The van der Waals surface area contributed by atoms with Crippen molar-refractivity contribution in [3.05, 3.63) is 53.9 Å². The second-order valence-corrected chi connectivity index (χ2v) is 3.89. The number of rotatable bonds is 5. The number of hydrogen-bond donors (Lipinski definition) is 1. The van der Waals surface area contributed by atoms with Gasteiger partial charge < -0.3 is 14.5 Å². The fourth-order valence-corrected chi connectivity index (χ4v) is 1.51. The van der Waals surface area contributed by atoms with E-state index in [1.165, 1.54) is 7.11 Å². The Morgan fingerprint density at radius 3 is 2.63 bits per heavy atom. The molecule has 0 fully saturated rings. The quantitative estimate of drug-likeness (QED) is 0.838. The zero-order valence-electron chi connectivity index (χ0n) is 10.6. The van der Waals surface area contributed by atoms with E-state index in [0.717, 1.165) is 11.3 Å².